The number of ether oxygens (including phenoxy) is 1. The second kappa shape index (κ2) is 6.61. The van der Waals surface area contributed by atoms with Crippen molar-refractivity contribution in [2.75, 3.05) is 6.73 Å². The van der Waals surface area contributed by atoms with E-state index < -0.39 is 0 Å². The first kappa shape index (κ1) is 13.9. The van der Waals surface area contributed by atoms with Crippen LogP contribution in [0.1, 0.15) is 18.4 Å². The number of rotatable bonds is 6. The molecule has 1 aromatic heterocycles. The summed E-state index contributed by atoms with van der Waals surface area (Å²) in [5.74, 6) is 0.285. The van der Waals surface area contributed by atoms with Gasteiger partial charge in [0.2, 0.25) is 0 Å². The predicted octanol–water partition coefficient (Wildman–Crippen LogP) is 2.54. The third kappa shape index (κ3) is 3.54. The van der Waals surface area contributed by atoms with Gasteiger partial charge >= 0.3 is 0 Å². The van der Waals surface area contributed by atoms with E-state index in [0.717, 1.165) is 23.2 Å². The quantitative estimate of drug-likeness (QED) is 0.653. The van der Waals surface area contributed by atoms with E-state index in [4.69, 9.17) is 4.74 Å². The van der Waals surface area contributed by atoms with Gasteiger partial charge in [-0.25, -0.2) is 0 Å². The number of hydrogen-bond donors (Lipinski definition) is 1. The fourth-order valence-corrected chi connectivity index (χ4v) is 2.24. The van der Waals surface area contributed by atoms with Crippen LogP contribution in [0.3, 0.4) is 0 Å². The summed E-state index contributed by atoms with van der Waals surface area (Å²) in [6.45, 7) is 0.896. The fourth-order valence-electron chi connectivity index (χ4n) is 2.24. The second-order valence-corrected chi connectivity index (χ2v) is 5.17. The Morgan fingerprint density at radius 3 is 2.67 bits per heavy atom. The fraction of sp³-hybridized carbons (Fsp3) is 0.294. The molecule has 0 radical (unpaired) electrons. The lowest BCUT2D eigenvalue weighted by Gasteiger charge is -2.24. The maximum absolute atomic E-state index is 11.1. The molecule has 4 nitrogen and oxygen atoms in total. The summed E-state index contributed by atoms with van der Waals surface area (Å²) >= 11 is 0. The summed E-state index contributed by atoms with van der Waals surface area (Å²) in [7, 11) is 0. The van der Waals surface area contributed by atoms with Gasteiger partial charge in [-0.15, -0.1) is 0 Å². The van der Waals surface area contributed by atoms with Gasteiger partial charge in [0.25, 0.3) is 0 Å². The molecule has 0 spiro atoms. The molecule has 2 aromatic rings. The van der Waals surface area contributed by atoms with Gasteiger partial charge in [-0.1, -0.05) is 36.4 Å². The minimum Gasteiger partial charge on any atom is -0.362 e. The molecule has 108 valence electrons. The number of carbonyl (C=O) groups is 1. The SMILES string of the molecule is O=C1CC[C@@H]1NCOCc1ccc(-c2ccccc2)nc1. The van der Waals surface area contributed by atoms with Crippen LogP contribution in [0.5, 0.6) is 0 Å². The average molecular weight is 282 g/mol. The number of benzene rings is 1. The van der Waals surface area contributed by atoms with Crippen LogP contribution < -0.4 is 5.32 Å². The van der Waals surface area contributed by atoms with Crippen molar-refractivity contribution >= 4 is 5.78 Å². The van der Waals surface area contributed by atoms with Gasteiger partial charge in [0.1, 0.15) is 5.78 Å². The van der Waals surface area contributed by atoms with E-state index in [0.29, 0.717) is 19.8 Å². The minimum atomic E-state index is 0.00332. The molecule has 0 aliphatic heterocycles. The molecular formula is C17H18N2O2. The summed E-state index contributed by atoms with van der Waals surface area (Å²) in [6.07, 6.45) is 3.45. The van der Waals surface area contributed by atoms with E-state index >= 15 is 0 Å². The summed E-state index contributed by atoms with van der Waals surface area (Å²) in [5.41, 5.74) is 3.09. The number of nitrogens with one attached hydrogen (secondary N) is 1. The normalized spacial score (nSPS) is 17.5. The number of Topliss-reactive ketones (excluding diaryl/α,β-unsaturated/α-hetero) is 1. The number of aromatic nitrogens is 1. The van der Waals surface area contributed by atoms with Crippen LogP contribution in [-0.2, 0) is 16.1 Å². The molecule has 1 atom stereocenters. The lowest BCUT2D eigenvalue weighted by atomic mass is 9.92. The number of carbonyl (C=O) groups excluding carboxylic acids is 1. The summed E-state index contributed by atoms with van der Waals surface area (Å²) < 4.78 is 5.52. The predicted molar refractivity (Wildman–Crippen MR) is 80.5 cm³/mol. The van der Waals surface area contributed by atoms with Crippen molar-refractivity contribution in [1.82, 2.24) is 10.3 Å². The van der Waals surface area contributed by atoms with Gasteiger partial charge in [-0.2, -0.15) is 0 Å². The van der Waals surface area contributed by atoms with Crippen LogP contribution in [0.4, 0.5) is 0 Å². The van der Waals surface area contributed by atoms with Gasteiger partial charge in [0.15, 0.2) is 0 Å². The molecule has 1 aromatic carbocycles. The maximum Gasteiger partial charge on any atom is 0.149 e. The molecule has 4 heteroatoms. The van der Waals surface area contributed by atoms with Crippen molar-refractivity contribution in [3.63, 3.8) is 0 Å². The Balaban J connectivity index is 1.47. The molecule has 21 heavy (non-hydrogen) atoms. The van der Waals surface area contributed by atoms with E-state index in [2.05, 4.69) is 10.3 Å². The van der Waals surface area contributed by atoms with Crippen molar-refractivity contribution in [3.8, 4) is 11.3 Å². The first-order chi connectivity index (χ1) is 10.3. The Bertz CT molecular complexity index is 596. The third-order valence-electron chi connectivity index (χ3n) is 3.66. The van der Waals surface area contributed by atoms with Gasteiger partial charge in [-0.05, 0) is 18.1 Å². The van der Waals surface area contributed by atoms with Gasteiger partial charge in [-0.3, -0.25) is 15.1 Å². The van der Waals surface area contributed by atoms with Gasteiger partial charge < -0.3 is 4.74 Å². The highest BCUT2D eigenvalue weighted by Crippen LogP contribution is 2.16. The Morgan fingerprint density at radius 2 is 2.05 bits per heavy atom. The van der Waals surface area contributed by atoms with E-state index in [1.165, 1.54) is 0 Å². The van der Waals surface area contributed by atoms with Crippen LogP contribution in [-0.4, -0.2) is 23.5 Å². The number of ketones is 1. The number of pyridine rings is 1. The lowest BCUT2D eigenvalue weighted by Crippen LogP contribution is -2.45. The Labute approximate surface area is 124 Å². The van der Waals surface area contributed by atoms with Crippen LogP contribution in [0.15, 0.2) is 48.7 Å². The Morgan fingerprint density at radius 1 is 1.19 bits per heavy atom. The van der Waals surface area contributed by atoms with Crippen LogP contribution in [0.25, 0.3) is 11.3 Å². The molecule has 0 amide bonds. The molecule has 1 aliphatic carbocycles. The van der Waals surface area contributed by atoms with E-state index in [1.807, 2.05) is 48.7 Å². The zero-order valence-electron chi connectivity index (χ0n) is 11.8. The summed E-state index contributed by atoms with van der Waals surface area (Å²) in [5, 5.41) is 3.08. The van der Waals surface area contributed by atoms with Crippen molar-refractivity contribution in [3.05, 3.63) is 54.2 Å². The highest BCUT2D eigenvalue weighted by molar-refractivity contribution is 5.89. The molecule has 1 saturated carbocycles. The largest absolute Gasteiger partial charge is 0.362 e. The maximum atomic E-state index is 11.1. The van der Waals surface area contributed by atoms with Crippen LogP contribution >= 0.6 is 0 Å². The molecule has 1 aliphatic rings. The zero-order chi connectivity index (χ0) is 14.5. The van der Waals surface area contributed by atoms with Crippen LogP contribution in [0.2, 0.25) is 0 Å². The number of nitrogens with zero attached hydrogens (tertiary/aromatic N) is 1. The molecule has 0 unspecified atom stereocenters. The molecule has 3 rings (SSSR count). The summed E-state index contributed by atoms with van der Waals surface area (Å²) in [4.78, 5) is 15.6. The van der Waals surface area contributed by atoms with Crippen molar-refractivity contribution < 1.29 is 9.53 Å². The van der Waals surface area contributed by atoms with Crippen molar-refractivity contribution in [1.29, 1.82) is 0 Å². The van der Waals surface area contributed by atoms with E-state index in [1.54, 1.807) is 0 Å². The Kier molecular flexibility index (Phi) is 4.38. The molecule has 0 saturated heterocycles. The topological polar surface area (TPSA) is 51.2 Å². The molecule has 0 bridgehead atoms. The molecule has 1 N–H and O–H groups in total. The van der Waals surface area contributed by atoms with Gasteiger partial charge in [0, 0.05) is 18.2 Å². The Hall–Kier alpha value is -2.04. The standard InChI is InChI=1S/C17H18N2O2/c20-17-9-8-16(17)19-12-21-11-13-6-7-15(18-10-13)14-4-2-1-3-5-14/h1-7,10,16,19H,8-9,11-12H2/t16-/m0/s1. The molecule has 1 heterocycles. The summed E-state index contributed by atoms with van der Waals surface area (Å²) in [6, 6.07) is 14.1. The van der Waals surface area contributed by atoms with Crippen molar-refractivity contribution in [2.45, 2.75) is 25.5 Å². The highest BCUT2D eigenvalue weighted by atomic mass is 16.5. The smallest absolute Gasteiger partial charge is 0.149 e. The first-order valence-electron chi connectivity index (χ1n) is 7.17. The minimum absolute atomic E-state index is 0.00332. The third-order valence-corrected chi connectivity index (χ3v) is 3.66. The second-order valence-electron chi connectivity index (χ2n) is 5.17. The van der Waals surface area contributed by atoms with Gasteiger partial charge in [0.05, 0.1) is 25.1 Å². The lowest BCUT2D eigenvalue weighted by molar-refractivity contribution is -0.127. The van der Waals surface area contributed by atoms with Crippen molar-refractivity contribution in [2.24, 2.45) is 0 Å². The molecule has 1 fully saturated rings. The first-order valence-corrected chi connectivity index (χ1v) is 7.17. The average Bonchev–Trinajstić information content (AvgIpc) is 2.54. The zero-order valence-corrected chi connectivity index (χ0v) is 11.8. The highest BCUT2D eigenvalue weighted by Gasteiger charge is 2.26. The monoisotopic (exact) mass is 282 g/mol. The van der Waals surface area contributed by atoms with Crippen LogP contribution in [0, 0.1) is 0 Å². The number of hydrogen-bond acceptors (Lipinski definition) is 4. The van der Waals surface area contributed by atoms with E-state index in [-0.39, 0.29) is 11.8 Å². The van der Waals surface area contributed by atoms with E-state index in [9.17, 15) is 4.79 Å². The molecular weight excluding hydrogens is 264 g/mol.